The molecule has 19 heavy (non-hydrogen) atoms. The second-order valence-corrected chi connectivity index (χ2v) is 8.02. The van der Waals surface area contributed by atoms with Gasteiger partial charge in [0.05, 0.1) is 4.75 Å². The number of benzene rings is 1. The number of nitrogens with zero attached hydrogens (tertiary/aromatic N) is 1. The maximum Gasteiger partial charge on any atom is 0.220 e. The summed E-state index contributed by atoms with van der Waals surface area (Å²) in [5, 5.41) is 12.6. The summed E-state index contributed by atoms with van der Waals surface area (Å²) in [7, 11) is -3.36. The lowest BCUT2D eigenvalue weighted by atomic mass is 10.2. The van der Waals surface area contributed by atoms with Gasteiger partial charge in [0.2, 0.25) is 10.0 Å². The molecule has 1 aliphatic heterocycles. The summed E-state index contributed by atoms with van der Waals surface area (Å²) in [6.07, 6.45) is 0. The van der Waals surface area contributed by atoms with Crippen LogP contribution < -0.4 is 5.32 Å². The van der Waals surface area contributed by atoms with Crippen LogP contribution in [0.25, 0.3) is 0 Å². The van der Waals surface area contributed by atoms with Crippen molar-refractivity contribution >= 4 is 10.0 Å². The third-order valence-corrected chi connectivity index (χ3v) is 5.93. The largest absolute Gasteiger partial charge is 0.508 e. The Hall–Kier alpha value is -1.11. The first-order valence-electron chi connectivity index (χ1n) is 6.31. The molecule has 1 saturated heterocycles. The molecule has 0 aromatic heterocycles. The zero-order valence-corrected chi connectivity index (χ0v) is 12.1. The minimum atomic E-state index is -3.36. The minimum Gasteiger partial charge on any atom is -0.508 e. The van der Waals surface area contributed by atoms with Crippen molar-refractivity contribution < 1.29 is 13.5 Å². The van der Waals surface area contributed by atoms with Crippen LogP contribution in [0.5, 0.6) is 5.75 Å². The van der Waals surface area contributed by atoms with Gasteiger partial charge in [-0.3, -0.25) is 0 Å². The van der Waals surface area contributed by atoms with Gasteiger partial charge in [-0.25, -0.2) is 8.42 Å². The Morgan fingerprint density at radius 3 is 2.84 bits per heavy atom. The number of aromatic hydroxyl groups is 1. The fourth-order valence-electron chi connectivity index (χ4n) is 2.18. The highest BCUT2D eigenvalue weighted by Crippen LogP contribution is 2.24. The van der Waals surface area contributed by atoms with Gasteiger partial charge in [-0.1, -0.05) is 12.1 Å². The van der Waals surface area contributed by atoms with Crippen LogP contribution in [0.3, 0.4) is 0 Å². The SMILES string of the molecule is CC1(C)CNCCN(Cc2cccc(O)c2)S1(=O)=O. The number of phenolic OH excluding ortho intramolecular Hbond substituents is 1. The average molecular weight is 284 g/mol. The smallest absolute Gasteiger partial charge is 0.220 e. The van der Waals surface area contributed by atoms with Gasteiger partial charge in [-0.2, -0.15) is 4.31 Å². The fourth-order valence-corrected chi connectivity index (χ4v) is 3.81. The molecule has 0 amide bonds. The lowest BCUT2D eigenvalue weighted by Crippen LogP contribution is -2.45. The zero-order chi connectivity index (χ0) is 14.1. The van der Waals surface area contributed by atoms with Crippen molar-refractivity contribution in [3.05, 3.63) is 29.8 Å². The monoisotopic (exact) mass is 284 g/mol. The molecule has 0 spiro atoms. The second kappa shape index (κ2) is 5.11. The van der Waals surface area contributed by atoms with Crippen LogP contribution in [0.2, 0.25) is 0 Å². The lowest BCUT2D eigenvalue weighted by Gasteiger charge is -2.29. The van der Waals surface area contributed by atoms with Crippen molar-refractivity contribution in [2.45, 2.75) is 25.1 Å². The molecule has 1 aromatic rings. The van der Waals surface area contributed by atoms with Gasteiger partial charge in [-0.05, 0) is 31.5 Å². The molecule has 6 heteroatoms. The summed E-state index contributed by atoms with van der Waals surface area (Å²) in [5.74, 6) is 0.155. The Balaban J connectivity index is 2.28. The number of nitrogens with one attached hydrogen (secondary N) is 1. The van der Waals surface area contributed by atoms with Gasteiger partial charge in [0.15, 0.2) is 0 Å². The summed E-state index contributed by atoms with van der Waals surface area (Å²) < 4.78 is 25.8. The van der Waals surface area contributed by atoms with E-state index in [4.69, 9.17) is 0 Å². The van der Waals surface area contributed by atoms with Gasteiger partial charge >= 0.3 is 0 Å². The van der Waals surface area contributed by atoms with E-state index >= 15 is 0 Å². The van der Waals surface area contributed by atoms with Crippen LogP contribution >= 0.6 is 0 Å². The highest BCUT2D eigenvalue weighted by Gasteiger charge is 2.40. The van der Waals surface area contributed by atoms with Crippen molar-refractivity contribution in [1.82, 2.24) is 9.62 Å². The first-order chi connectivity index (χ1) is 8.83. The van der Waals surface area contributed by atoms with E-state index < -0.39 is 14.8 Å². The van der Waals surface area contributed by atoms with Crippen molar-refractivity contribution in [2.24, 2.45) is 0 Å². The van der Waals surface area contributed by atoms with Gasteiger partial charge in [0.25, 0.3) is 0 Å². The third-order valence-electron chi connectivity index (χ3n) is 3.40. The predicted octanol–water partition coefficient (Wildman–Crippen LogP) is 0.906. The van der Waals surface area contributed by atoms with Crippen LogP contribution in [0.1, 0.15) is 19.4 Å². The molecule has 0 unspecified atom stereocenters. The summed E-state index contributed by atoms with van der Waals surface area (Å²) in [6.45, 7) is 5.29. The number of rotatable bonds is 2. The highest BCUT2D eigenvalue weighted by molar-refractivity contribution is 7.90. The molecule has 1 aliphatic rings. The maximum absolute atomic E-state index is 12.6. The molecule has 5 nitrogen and oxygen atoms in total. The number of hydrogen-bond donors (Lipinski definition) is 2. The van der Waals surface area contributed by atoms with Crippen LogP contribution in [0.15, 0.2) is 24.3 Å². The van der Waals surface area contributed by atoms with Crippen LogP contribution in [-0.4, -0.2) is 42.2 Å². The van der Waals surface area contributed by atoms with Crippen LogP contribution in [0.4, 0.5) is 0 Å². The number of hydrogen-bond acceptors (Lipinski definition) is 4. The molecule has 1 fully saturated rings. The molecule has 0 aliphatic carbocycles. The maximum atomic E-state index is 12.6. The second-order valence-electron chi connectivity index (χ2n) is 5.44. The van der Waals surface area contributed by atoms with E-state index in [1.807, 2.05) is 6.07 Å². The molecule has 0 radical (unpaired) electrons. The van der Waals surface area contributed by atoms with E-state index in [-0.39, 0.29) is 5.75 Å². The summed E-state index contributed by atoms with van der Waals surface area (Å²) in [4.78, 5) is 0. The normalized spacial score (nSPS) is 22.8. The van der Waals surface area contributed by atoms with Crippen LogP contribution in [-0.2, 0) is 16.6 Å². The molecule has 2 rings (SSSR count). The summed E-state index contributed by atoms with van der Waals surface area (Å²) in [6, 6.07) is 6.71. The third kappa shape index (κ3) is 2.91. The van der Waals surface area contributed by atoms with Gasteiger partial charge < -0.3 is 10.4 Å². The topological polar surface area (TPSA) is 69.6 Å². The first kappa shape index (κ1) is 14.3. The van der Waals surface area contributed by atoms with E-state index in [1.54, 1.807) is 32.0 Å². The lowest BCUT2D eigenvalue weighted by molar-refractivity contribution is 0.405. The minimum absolute atomic E-state index is 0.155. The molecule has 1 heterocycles. The zero-order valence-electron chi connectivity index (χ0n) is 11.3. The Morgan fingerprint density at radius 2 is 2.16 bits per heavy atom. The van der Waals surface area contributed by atoms with E-state index in [9.17, 15) is 13.5 Å². The molecule has 106 valence electrons. The van der Waals surface area contributed by atoms with Crippen molar-refractivity contribution in [3.63, 3.8) is 0 Å². The molecule has 1 aromatic carbocycles. The van der Waals surface area contributed by atoms with E-state index in [0.29, 0.717) is 26.2 Å². The number of phenols is 1. The van der Waals surface area contributed by atoms with Crippen molar-refractivity contribution in [1.29, 1.82) is 0 Å². The molecule has 2 N–H and O–H groups in total. The van der Waals surface area contributed by atoms with Crippen molar-refractivity contribution in [2.75, 3.05) is 19.6 Å². The molecule has 0 bridgehead atoms. The Bertz CT molecular complexity index is 555. The molecular weight excluding hydrogens is 264 g/mol. The highest BCUT2D eigenvalue weighted by atomic mass is 32.2. The summed E-state index contributed by atoms with van der Waals surface area (Å²) in [5.41, 5.74) is 0.793. The van der Waals surface area contributed by atoms with Gasteiger partial charge in [0, 0.05) is 26.2 Å². The van der Waals surface area contributed by atoms with Gasteiger partial charge in [-0.15, -0.1) is 0 Å². The van der Waals surface area contributed by atoms with E-state index in [2.05, 4.69) is 5.32 Å². The van der Waals surface area contributed by atoms with E-state index in [1.165, 1.54) is 4.31 Å². The predicted molar refractivity (Wildman–Crippen MR) is 74.4 cm³/mol. The van der Waals surface area contributed by atoms with Crippen molar-refractivity contribution in [3.8, 4) is 5.75 Å². The number of sulfonamides is 1. The first-order valence-corrected chi connectivity index (χ1v) is 7.75. The molecule has 0 atom stereocenters. The van der Waals surface area contributed by atoms with E-state index in [0.717, 1.165) is 5.56 Å². The quantitative estimate of drug-likeness (QED) is 0.847. The summed E-state index contributed by atoms with van der Waals surface area (Å²) >= 11 is 0. The van der Waals surface area contributed by atoms with Gasteiger partial charge in [0.1, 0.15) is 5.75 Å². The molecular formula is C13H20N2O3S. The molecule has 0 saturated carbocycles. The Labute approximate surface area is 114 Å². The Kier molecular flexibility index (Phi) is 3.85. The average Bonchev–Trinajstić information content (AvgIpc) is 2.40. The fraction of sp³-hybridized carbons (Fsp3) is 0.538. The Morgan fingerprint density at radius 1 is 1.42 bits per heavy atom. The van der Waals surface area contributed by atoms with Crippen LogP contribution in [0, 0.1) is 0 Å². The standard InChI is InChI=1S/C13H20N2O3S/c1-13(2)10-14-6-7-15(19(13,17)18)9-11-4-3-5-12(16)8-11/h3-5,8,14,16H,6-7,9-10H2,1-2H3.